The van der Waals surface area contributed by atoms with Crippen molar-refractivity contribution in [1.29, 1.82) is 0 Å². The van der Waals surface area contributed by atoms with E-state index in [0.717, 1.165) is 0 Å². The number of halogens is 1. The Labute approximate surface area is 79.5 Å². The molecule has 3 nitrogen and oxygen atoms in total. The van der Waals surface area contributed by atoms with Crippen LogP contribution in [0.2, 0.25) is 0 Å². The molecule has 0 bridgehead atoms. The molecule has 0 saturated heterocycles. The van der Waals surface area contributed by atoms with Crippen molar-refractivity contribution >= 4 is 18.4 Å². The van der Waals surface area contributed by atoms with Gasteiger partial charge in [0.05, 0.1) is 6.61 Å². The Hall–Kier alpha value is -0.280. The minimum absolute atomic E-state index is 0. The maximum Gasteiger partial charge on any atom is 0.302 e. The fourth-order valence-corrected chi connectivity index (χ4v) is 1.27. The van der Waals surface area contributed by atoms with Crippen LogP contribution in [-0.2, 0) is 9.53 Å². The first-order valence-corrected chi connectivity index (χ1v) is 3.91. The number of esters is 1. The second-order valence-corrected chi connectivity index (χ2v) is 3.33. The Morgan fingerprint density at radius 1 is 1.58 bits per heavy atom. The fraction of sp³-hybridized carbons (Fsp3) is 0.875. The number of hydrogen-bond donors (Lipinski definition) is 0. The summed E-state index contributed by atoms with van der Waals surface area (Å²) in [6, 6.07) is 0.634. The highest BCUT2D eigenvalue weighted by Crippen LogP contribution is 2.34. The van der Waals surface area contributed by atoms with Gasteiger partial charge in [-0.05, 0) is 20.5 Å². The number of carbonyl (C=O) groups is 1. The third-order valence-corrected chi connectivity index (χ3v) is 2.05. The monoisotopic (exact) mass is 193 g/mol. The molecule has 2 atom stereocenters. The van der Waals surface area contributed by atoms with E-state index < -0.39 is 0 Å². The molecule has 0 N–H and O–H groups in total. The van der Waals surface area contributed by atoms with Gasteiger partial charge in [-0.3, -0.25) is 4.79 Å². The van der Waals surface area contributed by atoms with Gasteiger partial charge in [-0.1, -0.05) is 0 Å². The first-order chi connectivity index (χ1) is 5.11. The van der Waals surface area contributed by atoms with Gasteiger partial charge in [0, 0.05) is 18.9 Å². The van der Waals surface area contributed by atoms with Crippen LogP contribution < -0.4 is 0 Å². The zero-order valence-corrected chi connectivity index (χ0v) is 8.56. The summed E-state index contributed by atoms with van der Waals surface area (Å²) in [6.07, 6.45) is 1.17. The van der Waals surface area contributed by atoms with Crippen molar-refractivity contribution < 1.29 is 9.53 Å². The molecule has 0 aromatic heterocycles. The second kappa shape index (κ2) is 4.67. The molecule has 0 aliphatic heterocycles. The standard InChI is InChI=1S/C8H15NO2.ClH/c1-6(10)11-5-7-4-8(7)9(2)3;/h7-8H,4-5H2,1-3H3;1H/t7-,8+;/m0./s1. The average molecular weight is 194 g/mol. The summed E-state index contributed by atoms with van der Waals surface area (Å²) in [5.74, 6) is 0.406. The summed E-state index contributed by atoms with van der Waals surface area (Å²) in [6.45, 7) is 2.05. The molecular formula is C8H16ClNO2. The quantitative estimate of drug-likeness (QED) is 0.625. The maximum atomic E-state index is 10.4. The second-order valence-electron chi connectivity index (χ2n) is 3.33. The molecule has 0 heterocycles. The number of rotatable bonds is 3. The first-order valence-electron chi connectivity index (χ1n) is 3.91. The maximum absolute atomic E-state index is 10.4. The highest BCUT2D eigenvalue weighted by Gasteiger charge is 2.39. The van der Waals surface area contributed by atoms with Crippen molar-refractivity contribution in [2.24, 2.45) is 5.92 Å². The van der Waals surface area contributed by atoms with Crippen molar-refractivity contribution in [2.45, 2.75) is 19.4 Å². The van der Waals surface area contributed by atoms with Crippen molar-refractivity contribution in [1.82, 2.24) is 4.90 Å². The van der Waals surface area contributed by atoms with Gasteiger partial charge in [-0.25, -0.2) is 0 Å². The molecule has 0 unspecified atom stereocenters. The van der Waals surface area contributed by atoms with Gasteiger partial charge in [0.15, 0.2) is 0 Å². The molecule has 12 heavy (non-hydrogen) atoms. The van der Waals surface area contributed by atoms with E-state index in [1.807, 2.05) is 0 Å². The molecule has 1 fully saturated rings. The minimum Gasteiger partial charge on any atom is -0.466 e. The third-order valence-electron chi connectivity index (χ3n) is 2.05. The molecule has 1 saturated carbocycles. The first kappa shape index (κ1) is 11.7. The summed E-state index contributed by atoms with van der Waals surface area (Å²) in [5.41, 5.74) is 0. The predicted molar refractivity (Wildman–Crippen MR) is 49.5 cm³/mol. The van der Waals surface area contributed by atoms with Crippen LogP contribution in [0.25, 0.3) is 0 Å². The van der Waals surface area contributed by atoms with E-state index in [9.17, 15) is 4.79 Å². The highest BCUT2D eigenvalue weighted by atomic mass is 35.5. The Balaban J connectivity index is 0.00000121. The normalized spacial score (nSPS) is 26.3. The Kier molecular flexibility index (Phi) is 4.57. The van der Waals surface area contributed by atoms with E-state index in [2.05, 4.69) is 19.0 Å². The van der Waals surface area contributed by atoms with E-state index in [4.69, 9.17) is 4.74 Å². The molecule has 0 radical (unpaired) electrons. The third kappa shape index (κ3) is 3.41. The van der Waals surface area contributed by atoms with Gasteiger partial charge < -0.3 is 9.64 Å². The number of ether oxygens (including phenoxy) is 1. The largest absolute Gasteiger partial charge is 0.466 e. The van der Waals surface area contributed by atoms with Gasteiger partial charge in [-0.15, -0.1) is 12.4 Å². The smallest absolute Gasteiger partial charge is 0.302 e. The van der Waals surface area contributed by atoms with Gasteiger partial charge in [0.2, 0.25) is 0 Å². The molecule has 0 amide bonds. The fourth-order valence-electron chi connectivity index (χ4n) is 1.27. The van der Waals surface area contributed by atoms with Crippen LogP contribution in [0.1, 0.15) is 13.3 Å². The lowest BCUT2D eigenvalue weighted by atomic mass is 10.4. The molecule has 1 aliphatic rings. The number of hydrogen-bond acceptors (Lipinski definition) is 3. The van der Waals surface area contributed by atoms with Gasteiger partial charge in [0.25, 0.3) is 0 Å². The Bertz CT molecular complexity index is 161. The zero-order valence-electron chi connectivity index (χ0n) is 7.74. The van der Waals surface area contributed by atoms with Crippen LogP contribution in [0.3, 0.4) is 0 Å². The van der Waals surface area contributed by atoms with E-state index in [1.54, 1.807) is 0 Å². The van der Waals surface area contributed by atoms with Crippen LogP contribution in [0.15, 0.2) is 0 Å². The SMILES string of the molecule is CC(=O)OC[C@@H]1C[C@H]1N(C)C.Cl. The van der Waals surface area contributed by atoms with Crippen molar-refractivity contribution in [3.05, 3.63) is 0 Å². The molecule has 1 aliphatic carbocycles. The summed E-state index contributed by atoms with van der Waals surface area (Å²) in [4.78, 5) is 12.6. The summed E-state index contributed by atoms with van der Waals surface area (Å²) in [7, 11) is 4.11. The summed E-state index contributed by atoms with van der Waals surface area (Å²) in [5, 5.41) is 0. The van der Waals surface area contributed by atoms with Crippen LogP contribution in [0.5, 0.6) is 0 Å². The highest BCUT2D eigenvalue weighted by molar-refractivity contribution is 5.85. The number of nitrogens with zero attached hydrogens (tertiary/aromatic N) is 1. The van der Waals surface area contributed by atoms with Crippen LogP contribution >= 0.6 is 12.4 Å². The van der Waals surface area contributed by atoms with Gasteiger partial charge >= 0.3 is 5.97 Å². The minimum atomic E-state index is -0.172. The Morgan fingerprint density at radius 3 is 2.50 bits per heavy atom. The molecule has 0 spiro atoms. The van der Waals surface area contributed by atoms with Gasteiger partial charge in [-0.2, -0.15) is 0 Å². The summed E-state index contributed by atoms with van der Waals surface area (Å²) >= 11 is 0. The average Bonchev–Trinajstić information content (AvgIpc) is 2.61. The molecular weight excluding hydrogens is 178 g/mol. The summed E-state index contributed by atoms with van der Waals surface area (Å²) < 4.78 is 4.88. The van der Waals surface area contributed by atoms with E-state index >= 15 is 0 Å². The molecule has 72 valence electrons. The lowest BCUT2D eigenvalue weighted by molar-refractivity contribution is -0.141. The van der Waals surface area contributed by atoms with Gasteiger partial charge in [0.1, 0.15) is 0 Å². The lowest BCUT2D eigenvalue weighted by Gasteiger charge is -2.07. The van der Waals surface area contributed by atoms with E-state index in [0.29, 0.717) is 18.6 Å². The lowest BCUT2D eigenvalue weighted by Crippen LogP contribution is -2.18. The molecule has 0 aromatic rings. The van der Waals surface area contributed by atoms with E-state index in [-0.39, 0.29) is 18.4 Å². The van der Waals surface area contributed by atoms with Crippen molar-refractivity contribution in [3.8, 4) is 0 Å². The predicted octanol–water partition coefficient (Wildman–Crippen LogP) is 0.921. The Morgan fingerprint density at radius 2 is 2.17 bits per heavy atom. The van der Waals surface area contributed by atoms with Crippen LogP contribution in [-0.4, -0.2) is 37.6 Å². The zero-order chi connectivity index (χ0) is 8.43. The number of carbonyl (C=O) groups excluding carboxylic acids is 1. The molecule has 1 rings (SSSR count). The van der Waals surface area contributed by atoms with E-state index in [1.165, 1.54) is 13.3 Å². The topological polar surface area (TPSA) is 29.5 Å². The van der Waals surface area contributed by atoms with Crippen molar-refractivity contribution in [3.63, 3.8) is 0 Å². The molecule has 4 heteroatoms. The molecule has 0 aromatic carbocycles. The van der Waals surface area contributed by atoms with Crippen molar-refractivity contribution in [2.75, 3.05) is 20.7 Å². The van der Waals surface area contributed by atoms with Crippen LogP contribution in [0.4, 0.5) is 0 Å². The van der Waals surface area contributed by atoms with Crippen LogP contribution in [0, 0.1) is 5.92 Å².